The summed E-state index contributed by atoms with van der Waals surface area (Å²) in [4.78, 5) is 23.6. The van der Waals surface area contributed by atoms with E-state index in [-0.39, 0.29) is 13.3 Å². The van der Waals surface area contributed by atoms with Crippen LogP contribution >= 0.6 is 0 Å². The number of carbonyl (C=O) groups is 2. The number of nitrogens with zero attached hydrogens (tertiary/aromatic N) is 2. The Hall–Kier alpha value is -3.68. The van der Waals surface area contributed by atoms with Gasteiger partial charge >= 0.3 is 0 Å². The van der Waals surface area contributed by atoms with Crippen LogP contribution in [-0.2, 0) is 29.6 Å². The van der Waals surface area contributed by atoms with Crippen molar-refractivity contribution in [2.75, 3.05) is 74.6 Å². The van der Waals surface area contributed by atoms with Gasteiger partial charge < -0.3 is 39.8 Å². The molecule has 0 aromatic heterocycles. The Balaban J connectivity index is 0.00000102. The summed E-state index contributed by atoms with van der Waals surface area (Å²) in [6.45, 7) is 9.86. The van der Waals surface area contributed by atoms with Crippen molar-refractivity contribution in [3.8, 4) is 0 Å². The third kappa shape index (κ3) is 33.9. The predicted molar refractivity (Wildman–Crippen MR) is 240 cm³/mol. The highest BCUT2D eigenvalue weighted by molar-refractivity contribution is 7.92. The average molecular weight is 919 g/mol. The molecule has 0 saturated heterocycles. The normalized spacial score (nSPS) is 12.6. The van der Waals surface area contributed by atoms with Crippen molar-refractivity contribution in [2.24, 2.45) is 0 Å². The molecule has 0 unspecified atom stereocenters. The van der Waals surface area contributed by atoms with Crippen LogP contribution in [0.5, 0.6) is 0 Å². The van der Waals surface area contributed by atoms with Crippen LogP contribution < -0.4 is 19.7 Å². The third-order valence-corrected chi connectivity index (χ3v) is 10.8. The first-order valence-corrected chi connectivity index (χ1v) is 25.3. The van der Waals surface area contributed by atoms with E-state index >= 15 is 0 Å². The zero-order chi connectivity index (χ0) is 46.8. The summed E-state index contributed by atoms with van der Waals surface area (Å²) >= 11 is 0. The monoisotopic (exact) mass is 918 g/mol. The van der Waals surface area contributed by atoms with E-state index in [1.165, 1.54) is 0 Å². The molecule has 356 valence electrons. The third-order valence-electron chi connectivity index (χ3n) is 9.57. The number of anilines is 2. The van der Waals surface area contributed by atoms with Crippen LogP contribution in [0.3, 0.4) is 0 Å². The number of nitrogens with one attached hydrogen (secondary N) is 2. The van der Waals surface area contributed by atoms with Gasteiger partial charge in [0.25, 0.3) is 0 Å². The molecule has 0 fully saturated rings. The van der Waals surface area contributed by atoms with Crippen LogP contribution in [0.2, 0.25) is 0 Å². The fourth-order valence-corrected chi connectivity index (χ4v) is 7.37. The molecule has 0 spiro atoms. The maximum absolute atomic E-state index is 12.0. The molecule has 0 saturated carbocycles. The van der Waals surface area contributed by atoms with E-state index in [2.05, 4.69) is 33.1 Å². The standard InChI is InChI=1S/2C20H35FN2O3S.C4H4O4/c2*1-3-23(16-8-6-4-5-7-15-21)17-9-10-20(24)18-11-13-19(14-12-18)22-27(2,25)26;5-3(6)1-2-4(7)8/h2*11-14,20,22,24H,3-10,15-17H2,1-2H3;1-2H,(H,5,6)(H,7,8)/p-2/b;;2-1+/t2*20-;/m00./s1. The van der Waals surface area contributed by atoms with Gasteiger partial charge in [-0.15, -0.1) is 0 Å². The Morgan fingerprint density at radius 1 is 0.565 bits per heavy atom. The van der Waals surface area contributed by atoms with Crippen molar-refractivity contribution in [1.29, 1.82) is 0 Å². The second kappa shape index (κ2) is 34.8. The number of carbonyl (C=O) groups excluding carboxylic acids is 2. The lowest BCUT2D eigenvalue weighted by molar-refractivity contribution is -0.301. The quantitative estimate of drug-likeness (QED) is 0.0545. The lowest BCUT2D eigenvalue weighted by atomic mass is 10.0. The molecule has 14 nitrogen and oxygen atoms in total. The zero-order valence-corrected chi connectivity index (χ0v) is 38.7. The van der Waals surface area contributed by atoms with Crippen molar-refractivity contribution < 1.29 is 55.6 Å². The van der Waals surface area contributed by atoms with Crippen molar-refractivity contribution in [3.05, 3.63) is 71.8 Å². The summed E-state index contributed by atoms with van der Waals surface area (Å²) in [5.74, 6) is -3.09. The van der Waals surface area contributed by atoms with Crippen LogP contribution in [0.4, 0.5) is 20.2 Å². The minimum absolute atomic E-state index is 0.208. The molecule has 0 heterocycles. The minimum Gasteiger partial charge on any atom is -0.545 e. The molecule has 2 aromatic rings. The van der Waals surface area contributed by atoms with E-state index in [0.717, 1.165) is 127 Å². The lowest BCUT2D eigenvalue weighted by Crippen LogP contribution is -2.26. The molecular formula is C44H72F2N4O10S2-2. The van der Waals surface area contributed by atoms with Crippen LogP contribution in [0, 0.1) is 0 Å². The SMILES string of the molecule is CCN(CCCCCCCF)CCC[C@H](O)c1ccc(NS(C)(=O)=O)cc1.CCN(CCCCCCCF)CCC[C@H](O)c1ccc(NS(C)(=O)=O)cc1.O=C([O-])/C=C/C(=O)[O-]. The van der Waals surface area contributed by atoms with E-state index in [1.807, 2.05) is 0 Å². The first-order valence-electron chi connectivity index (χ1n) is 21.5. The maximum atomic E-state index is 12.0. The number of aliphatic hydroxyl groups excluding tert-OH is 2. The van der Waals surface area contributed by atoms with E-state index < -0.39 is 44.2 Å². The molecule has 0 bridgehead atoms. The number of hydrogen-bond donors (Lipinski definition) is 4. The number of carboxylic acids is 2. The molecule has 0 aliphatic rings. The molecule has 0 amide bonds. The van der Waals surface area contributed by atoms with Crippen LogP contribution in [0.1, 0.15) is 127 Å². The van der Waals surface area contributed by atoms with E-state index in [1.54, 1.807) is 48.5 Å². The second-order valence-corrected chi connectivity index (χ2v) is 18.6. The van der Waals surface area contributed by atoms with E-state index in [0.29, 0.717) is 49.2 Å². The number of aliphatic carboxylic acids is 2. The molecule has 2 rings (SSSR count). The van der Waals surface area contributed by atoms with Crippen molar-refractivity contribution in [3.63, 3.8) is 0 Å². The van der Waals surface area contributed by atoms with Gasteiger partial charge in [-0.3, -0.25) is 18.2 Å². The van der Waals surface area contributed by atoms with Crippen molar-refractivity contribution in [1.82, 2.24) is 9.80 Å². The molecule has 2 atom stereocenters. The Morgan fingerprint density at radius 3 is 1.13 bits per heavy atom. The molecule has 2 aromatic carbocycles. The number of benzene rings is 2. The molecule has 4 N–H and O–H groups in total. The number of sulfonamides is 2. The number of halogens is 2. The molecule has 0 aliphatic heterocycles. The average Bonchev–Trinajstić information content (AvgIpc) is 3.21. The van der Waals surface area contributed by atoms with Gasteiger partial charge in [0.15, 0.2) is 0 Å². The number of aliphatic hydroxyl groups is 2. The summed E-state index contributed by atoms with van der Waals surface area (Å²) < 4.78 is 73.8. The Kier molecular flexibility index (Phi) is 32.7. The largest absolute Gasteiger partial charge is 0.545 e. The number of carboxylic acid groups (broad SMARTS) is 2. The fourth-order valence-electron chi connectivity index (χ4n) is 6.24. The molecule has 62 heavy (non-hydrogen) atoms. The molecular weight excluding hydrogens is 847 g/mol. The van der Waals surface area contributed by atoms with Gasteiger partial charge in [-0.2, -0.15) is 0 Å². The highest BCUT2D eigenvalue weighted by atomic mass is 32.2. The predicted octanol–water partition coefficient (Wildman–Crippen LogP) is 5.27. The van der Waals surface area contributed by atoms with Gasteiger partial charge in [-0.05, 0) is 138 Å². The van der Waals surface area contributed by atoms with Gasteiger partial charge in [-0.25, -0.2) is 16.8 Å². The van der Waals surface area contributed by atoms with E-state index in [9.17, 15) is 55.6 Å². The second-order valence-electron chi connectivity index (χ2n) is 15.1. The molecule has 0 radical (unpaired) electrons. The van der Waals surface area contributed by atoms with Gasteiger partial charge in [0.05, 0.1) is 50.0 Å². The van der Waals surface area contributed by atoms with Gasteiger partial charge in [-0.1, -0.05) is 76.6 Å². The summed E-state index contributed by atoms with van der Waals surface area (Å²) in [5.41, 5.74) is 2.59. The van der Waals surface area contributed by atoms with Gasteiger partial charge in [0.2, 0.25) is 20.0 Å². The first-order chi connectivity index (χ1) is 29.3. The van der Waals surface area contributed by atoms with Gasteiger partial charge in [0, 0.05) is 11.4 Å². The number of alkyl halides is 2. The Morgan fingerprint density at radius 2 is 0.855 bits per heavy atom. The summed E-state index contributed by atoms with van der Waals surface area (Å²) in [6.07, 6.45) is 15.1. The first kappa shape index (κ1) is 58.3. The fraction of sp³-hybridized carbons (Fsp3) is 0.636. The lowest BCUT2D eigenvalue weighted by Gasteiger charge is -2.21. The number of rotatable bonds is 32. The van der Waals surface area contributed by atoms with Crippen LogP contribution in [0.25, 0.3) is 0 Å². The number of unbranched alkanes of at least 4 members (excludes halogenated alkanes) is 8. The summed E-state index contributed by atoms with van der Waals surface area (Å²) in [7, 11) is -6.57. The maximum Gasteiger partial charge on any atom is 0.229 e. The smallest absolute Gasteiger partial charge is 0.229 e. The van der Waals surface area contributed by atoms with Crippen molar-refractivity contribution in [2.45, 2.75) is 116 Å². The molecule has 18 heteroatoms. The molecule has 0 aliphatic carbocycles. The van der Waals surface area contributed by atoms with Crippen LogP contribution in [-0.4, -0.2) is 114 Å². The van der Waals surface area contributed by atoms with Gasteiger partial charge in [0.1, 0.15) is 0 Å². The Bertz CT molecular complexity index is 1590. The summed E-state index contributed by atoms with van der Waals surface area (Å²) in [5, 5.41) is 39.5. The minimum atomic E-state index is -3.29. The highest BCUT2D eigenvalue weighted by Crippen LogP contribution is 2.22. The Labute approximate surface area is 369 Å². The summed E-state index contributed by atoms with van der Waals surface area (Å²) in [6, 6.07) is 13.7. The topological polar surface area (TPSA) is 220 Å². The van der Waals surface area contributed by atoms with Crippen LogP contribution in [0.15, 0.2) is 60.7 Å². The zero-order valence-electron chi connectivity index (χ0n) is 37.1. The highest BCUT2D eigenvalue weighted by Gasteiger charge is 2.12. The van der Waals surface area contributed by atoms with E-state index in [4.69, 9.17) is 0 Å². The number of hydrogen-bond acceptors (Lipinski definition) is 12. The van der Waals surface area contributed by atoms with Crippen molar-refractivity contribution >= 4 is 43.4 Å².